The quantitative estimate of drug-likeness (QED) is 0.411. The van der Waals surface area contributed by atoms with Gasteiger partial charge in [0.25, 0.3) is 11.8 Å². The Balaban J connectivity index is 1.74. The number of thioether (sulfide) groups is 1. The molecule has 142 valence electrons. The molecule has 9 heteroatoms. The van der Waals surface area contributed by atoms with Crippen LogP contribution >= 0.6 is 39.9 Å². The number of ether oxygens (including phenoxy) is 1. The first-order valence-corrected chi connectivity index (χ1v) is 9.93. The molecule has 6 nitrogen and oxygen atoms in total. The number of halogens is 1. The zero-order valence-electron chi connectivity index (χ0n) is 14.5. The van der Waals surface area contributed by atoms with Gasteiger partial charge in [-0.15, -0.1) is 0 Å². The highest BCUT2D eigenvalue weighted by Gasteiger charge is 2.33. The maximum absolute atomic E-state index is 12.6. The molecule has 2 aromatic rings. The first-order chi connectivity index (χ1) is 13.4. The van der Waals surface area contributed by atoms with Crippen LogP contribution in [0.15, 0.2) is 57.9 Å². The molecule has 1 fully saturated rings. The number of benzene rings is 2. The van der Waals surface area contributed by atoms with Crippen LogP contribution < -0.4 is 5.43 Å². The van der Waals surface area contributed by atoms with E-state index in [1.807, 2.05) is 0 Å². The fraction of sp³-hybridized carbons (Fsp3) is 0.0526. The summed E-state index contributed by atoms with van der Waals surface area (Å²) in [5.41, 5.74) is 4.06. The number of hydrogen-bond donors (Lipinski definition) is 1. The van der Waals surface area contributed by atoms with E-state index in [4.69, 9.17) is 12.2 Å². The number of nitrogens with zero attached hydrogens (tertiary/aromatic N) is 1. The van der Waals surface area contributed by atoms with Crippen LogP contribution in [0.25, 0.3) is 6.08 Å². The van der Waals surface area contributed by atoms with Crippen molar-refractivity contribution in [3.8, 4) is 0 Å². The van der Waals surface area contributed by atoms with E-state index in [1.165, 1.54) is 7.11 Å². The van der Waals surface area contributed by atoms with Crippen LogP contribution in [0.1, 0.15) is 26.3 Å². The van der Waals surface area contributed by atoms with Gasteiger partial charge < -0.3 is 4.74 Å². The van der Waals surface area contributed by atoms with Crippen molar-refractivity contribution in [3.05, 3.63) is 74.6 Å². The lowest BCUT2D eigenvalue weighted by molar-refractivity contribution is -0.123. The third-order valence-electron chi connectivity index (χ3n) is 3.74. The third kappa shape index (κ3) is 4.49. The van der Waals surface area contributed by atoms with Gasteiger partial charge in [0.05, 0.1) is 17.6 Å². The topological polar surface area (TPSA) is 75.7 Å². The maximum atomic E-state index is 12.6. The molecular formula is C19H13BrN2O4S2. The molecule has 1 N–H and O–H groups in total. The molecule has 1 saturated heterocycles. The summed E-state index contributed by atoms with van der Waals surface area (Å²) in [7, 11) is 1.31. The number of hydrazine groups is 1. The molecule has 2 aromatic carbocycles. The Bertz CT molecular complexity index is 988. The van der Waals surface area contributed by atoms with Gasteiger partial charge in [0.1, 0.15) is 0 Å². The minimum Gasteiger partial charge on any atom is -0.465 e. The van der Waals surface area contributed by atoms with Crippen LogP contribution in [0.3, 0.4) is 0 Å². The summed E-state index contributed by atoms with van der Waals surface area (Å²) in [6, 6.07) is 13.3. The highest BCUT2D eigenvalue weighted by molar-refractivity contribution is 9.10. The van der Waals surface area contributed by atoms with Crippen molar-refractivity contribution in [1.82, 2.24) is 10.4 Å². The van der Waals surface area contributed by atoms with Crippen LogP contribution in [0.4, 0.5) is 0 Å². The molecule has 1 heterocycles. The molecule has 3 rings (SSSR count). The van der Waals surface area contributed by atoms with Gasteiger partial charge in [-0.1, -0.05) is 39.8 Å². The molecule has 0 radical (unpaired) electrons. The average molecular weight is 477 g/mol. The molecule has 0 aliphatic carbocycles. The Morgan fingerprint density at radius 2 is 1.71 bits per heavy atom. The summed E-state index contributed by atoms with van der Waals surface area (Å²) < 4.78 is 5.73. The summed E-state index contributed by atoms with van der Waals surface area (Å²) in [6.07, 6.45) is 1.64. The fourth-order valence-corrected chi connectivity index (χ4v) is 3.76. The van der Waals surface area contributed by atoms with Gasteiger partial charge in [-0.05, 0) is 60.3 Å². The second kappa shape index (κ2) is 8.68. The van der Waals surface area contributed by atoms with Crippen molar-refractivity contribution in [1.29, 1.82) is 0 Å². The third-order valence-corrected chi connectivity index (χ3v) is 5.57. The van der Waals surface area contributed by atoms with Crippen molar-refractivity contribution in [2.75, 3.05) is 7.11 Å². The van der Waals surface area contributed by atoms with Crippen LogP contribution in [0, 0.1) is 0 Å². The summed E-state index contributed by atoms with van der Waals surface area (Å²) in [5, 5.41) is 1.05. The standard InChI is InChI=1S/C19H13BrN2O4S2/c1-26-18(25)13-4-2-11(3-5-13)10-15-17(24)22(19(27)28-15)21-16(23)12-6-8-14(20)9-7-12/h2-10H,1H3,(H,21,23)/b15-10+. The summed E-state index contributed by atoms with van der Waals surface area (Å²) >= 11 is 9.60. The van der Waals surface area contributed by atoms with Gasteiger partial charge in [-0.25, -0.2) is 4.79 Å². The predicted octanol–water partition coefficient (Wildman–Crippen LogP) is 3.78. The van der Waals surface area contributed by atoms with E-state index in [1.54, 1.807) is 54.6 Å². The Morgan fingerprint density at radius 1 is 1.11 bits per heavy atom. The summed E-state index contributed by atoms with van der Waals surface area (Å²) in [5.74, 6) is -1.29. The Hall–Kier alpha value is -2.49. The van der Waals surface area contributed by atoms with E-state index in [-0.39, 0.29) is 4.32 Å². The largest absolute Gasteiger partial charge is 0.465 e. The molecule has 1 aliphatic heterocycles. The molecule has 0 saturated carbocycles. The first kappa shape index (κ1) is 20.2. The normalized spacial score (nSPS) is 15.1. The first-order valence-electron chi connectivity index (χ1n) is 7.92. The van der Waals surface area contributed by atoms with Crippen molar-refractivity contribution in [2.24, 2.45) is 0 Å². The number of esters is 1. The molecule has 2 amide bonds. The van der Waals surface area contributed by atoms with E-state index in [9.17, 15) is 14.4 Å². The minimum atomic E-state index is -0.438. The molecule has 0 atom stereocenters. The average Bonchev–Trinajstić information content (AvgIpc) is 2.95. The van der Waals surface area contributed by atoms with Gasteiger partial charge in [0.2, 0.25) is 0 Å². The molecule has 0 aromatic heterocycles. The Morgan fingerprint density at radius 3 is 2.32 bits per heavy atom. The zero-order valence-corrected chi connectivity index (χ0v) is 17.7. The van der Waals surface area contributed by atoms with Gasteiger partial charge in [0, 0.05) is 10.0 Å². The Kier molecular flexibility index (Phi) is 6.28. The van der Waals surface area contributed by atoms with Crippen molar-refractivity contribution >= 4 is 68.1 Å². The summed E-state index contributed by atoms with van der Waals surface area (Å²) in [6.45, 7) is 0. The number of methoxy groups -OCH3 is 1. The lowest BCUT2D eigenvalue weighted by Gasteiger charge is -2.15. The van der Waals surface area contributed by atoms with Crippen LogP contribution in [0.5, 0.6) is 0 Å². The van der Waals surface area contributed by atoms with E-state index in [0.29, 0.717) is 21.6 Å². The maximum Gasteiger partial charge on any atom is 0.337 e. The molecular weight excluding hydrogens is 464 g/mol. The van der Waals surface area contributed by atoms with Crippen molar-refractivity contribution in [3.63, 3.8) is 0 Å². The van der Waals surface area contributed by atoms with Crippen LogP contribution in [-0.2, 0) is 9.53 Å². The molecule has 0 unspecified atom stereocenters. The number of thiocarbonyl (C=S) groups is 1. The summed E-state index contributed by atoms with van der Waals surface area (Å²) in [4.78, 5) is 36.8. The number of hydrogen-bond acceptors (Lipinski definition) is 6. The van der Waals surface area contributed by atoms with Gasteiger partial charge in [-0.3, -0.25) is 15.0 Å². The number of rotatable bonds is 4. The fourth-order valence-electron chi connectivity index (χ4n) is 2.32. The van der Waals surface area contributed by atoms with Gasteiger partial charge in [0.15, 0.2) is 4.32 Å². The highest BCUT2D eigenvalue weighted by Crippen LogP contribution is 2.31. The predicted molar refractivity (Wildman–Crippen MR) is 114 cm³/mol. The number of carbonyl (C=O) groups excluding carboxylic acids is 3. The monoisotopic (exact) mass is 476 g/mol. The zero-order chi connectivity index (χ0) is 20.3. The van der Waals surface area contributed by atoms with E-state index >= 15 is 0 Å². The number of nitrogens with one attached hydrogen (secondary N) is 1. The van der Waals surface area contributed by atoms with E-state index in [0.717, 1.165) is 21.2 Å². The molecule has 28 heavy (non-hydrogen) atoms. The second-order valence-corrected chi connectivity index (χ2v) is 8.17. The van der Waals surface area contributed by atoms with E-state index in [2.05, 4.69) is 26.1 Å². The van der Waals surface area contributed by atoms with Crippen LogP contribution in [-0.4, -0.2) is 34.2 Å². The lowest BCUT2D eigenvalue weighted by Crippen LogP contribution is -2.44. The second-order valence-electron chi connectivity index (χ2n) is 5.58. The van der Waals surface area contributed by atoms with Gasteiger partial charge >= 0.3 is 5.97 Å². The van der Waals surface area contributed by atoms with Gasteiger partial charge in [-0.2, -0.15) is 5.01 Å². The number of amides is 2. The highest BCUT2D eigenvalue weighted by atomic mass is 79.9. The minimum absolute atomic E-state index is 0.230. The van der Waals surface area contributed by atoms with E-state index < -0.39 is 17.8 Å². The molecule has 0 bridgehead atoms. The molecule has 1 aliphatic rings. The SMILES string of the molecule is COC(=O)c1ccc(/C=C2/SC(=S)N(NC(=O)c3ccc(Br)cc3)C2=O)cc1. The Labute approximate surface area is 179 Å². The lowest BCUT2D eigenvalue weighted by atomic mass is 10.1. The van der Waals surface area contributed by atoms with Crippen molar-refractivity contribution in [2.45, 2.75) is 0 Å². The smallest absolute Gasteiger partial charge is 0.337 e. The molecule has 0 spiro atoms. The van der Waals surface area contributed by atoms with Crippen LogP contribution in [0.2, 0.25) is 0 Å². The van der Waals surface area contributed by atoms with Crippen molar-refractivity contribution < 1.29 is 19.1 Å². The number of carbonyl (C=O) groups is 3.